The Morgan fingerprint density at radius 1 is 0.592 bits per heavy atom. The highest BCUT2D eigenvalue weighted by Crippen LogP contribution is 2.42. The van der Waals surface area contributed by atoms with E-state index in [9.17, 15) is 57.0 Å². The van der Waals surface area contributed by atoms with Crippen LogP contribution in [0.3, 0.4) is 0 Å². The summed E-state index contributed by atoms with van der Waals surface area (Å²) in [5.41, 5.74) is -3.61. The standard InChI is InChI=1S/C28H26F6N6O8S/c29-11-1-9(2-12(30)19(11)33)15-5-39(37-35-15)21-23(43)17(7-41)47-27(25(21)45)49-28-26(46)22(24(44)18(8-42)48-28)40-6-16(36-38-40)10-3-13(31)20(34)14(32)4-10/h1-6,17-18,21-28,41-46H,7-8H2/t17-,18?,21?,22+,23?,24+,25-,26?,27?,28+/m1/s1. The van der Waals surface area contributed by atoms with E-state index in [2.05, 4.69) is 20.6 Å². The molecule has 0 spiro atoms. The Morgan fingerprint density at radius 2 is 0.939 bits per heavy atom. The van der Waals surface area contributed by atoms with Gasteiger partial charge < -0.3 is 40.1 Å². The van der Waals surface area contributed by atoms with Crippen molar-refractivity contribution in [1.82, 2.24) is 30.0 Å². The third-order valence-corrected chi connectivity index (χ3v) is 9.47. The van der Waals surface area contributed by atoms with E-state index in [-0.39, 0.29) is 22.5 Å². The summed E-state index contributed by atoms with van der Waals surface area (Å²) in [7, 11) is 0. The Morgan fingerprint density at radius 3 is 1.27 bits per heavy atom. The van der Waals surface area contributed by atoms with Crippen molar-refractivity contribution in [3.63, 3.8) is 0 Å². The van der Waals surface area contributed by atoms with Crippen LogP contribution in [0.2, 0.25) is 0 Å². The molecule has 49 heavy (non-hydrogen) atoms. The Kier molecular flexibility index (Phi) is 9.99. The van der Waals surface area contributed by atoms with Crippen molar-refractivity contribution in [2.24, 2.45) is 0 Å². The molecule has 2 saturated heterocycles. The number of aromatic nitrogens is 6. The molecule has 0 aliphatic carbocycles. The van der Waals surface area contributed by atoms with E-state index in [1.54, 1.807) is 0 Å². The summed E-state index contributed by atoms with van der Waals surface area (Å²) in [5.74, 6) is -9.39. The molecule has 14 nitrogen and oxygen atoms in total. The van der Waals surface area contributed by atoms with Gasteiger partial charge in [-0.1, -0.05) is 22.2 Å². The molecule has 264 valence electrons. The second-order valence-corrected chi connectivity index (χ2v) is 12.4. The van der Waals surface area contributed by atoms with Crippen molar-refractivity contribution in [3.8, 4) is 22.5 Å². The molecule has 10 atom stereocenters. The van der Waals surface area contributed by atoms with Crippen molar-refractivity contribution in [2.75, 3.05) is 13.2 Å². The van der Waals surface area contributed by atoms with E-state index in [1.165, 1.54) is 0 Å². The first kappa shape index (κ1) is 35.2. The molecule has 6 N–H and O–H groups in total. The fraction of sp³-hybridized carbons (Fsp3) is 0.429. The lowest BCUT2D eigenvalue weighted by atomic mass is 9.97. The van der Waals surface area contributed by atoms with Crippen LogP contribution in [0.4, 0.5) is 26.3 Å². The Hall–Kier alpha value is -3.67. The molecule has 2 aromatic carbocycles. The highest BCUT2D eigenvalue weighted by atomic mass is 32.2. The third-order valence-electron chi connectivity index (χ3n) is 8.16. The van der Waals surface area contributed by atoms with Crippen LogP contribution < -0.4 is 0 Å². The first-order valence-electron chi connectivity index (χ1n) is 14.4. The van der Waals surface area contributed by atoms with Crippen LogP contribution >= 0.6 is 11.8 Å². The Labute approximate surface area is 275 Å². The van der Waals surface area contributed by atoms with Gasteiger partial charge in [0.25, 0.3) is 0 Å². The van der Waals surface area contributed by atoms with Crippen molar-refractivity contribution >= 4 is 11.8 Å². The summed E-state index contributed by atoms with van der Waals surface area (Å²) >= 11 is 0.621. The molecule has 4 aromatic rings. The average Bonchev–Trinajstić information content (AvgIpc) is 3.76. The highest BCUT2D eigenvalue weighted by molar-refractivity contribution is 8.00. The topological polar surface area (TPSA) is 201 Å². The van der Waals surface area contributed by atoms with Crippen molar-refractivity contribution in [3.05, 3.63) is 71.6 Å². The normalized spacial score (nSPS) is 30.5. The summed E-state index contributed by atoms with van der Waals surface area (Å²) in [6.07, 6.45) is -7.24. The van der Waals surface area contributed by atoms with E-state index >= 15 is 0 Å². The lowest BCUT2D eigenvalue weighted by molar-refractivity contribution is -0.189. The molecule has 4 heterocycles. The predicted octanol–water partition coefficient (Wildman–Crippen LogP) is 0.432. The van der Waals surface area contributed by atoms with Gasteiger partial charge >= 0.3 is 0 Å². The molecule has 2 aliphatic heterocycles. The number of aliphatic hydroxyl groups is 6. The van der Waals surface area contributed by atoms with Gasteiger partial charge in [0.15, 0.2) is 34.9 Å². The van der Waals surface area contributed by atoms with Gasteiger partial charge in [0.1, 0.15) is 71.0 Å². The molecule has 0 saturated carbocycles. The molecule has 5 unspecified atom stereocenters. The minimum atomic E-state index is -1.71. The largest absolute Gasteiger partial charge is 0.394 e. The second-order valence-electron chi connectivity index (χ2n) is 11.2. The predicted molar refractivity (Wildman–Crippen MR) is 152 cm³/mol. The molecular weight excluding hydrogens is 694 g/mol. The quantitative estimate of drug-likeness (QED) is 0.108. The highest BCUT2D eigenvalue weighted by Gasteiger charge is 2.51. The smallest absolute Gasteiger partial charge is 0.194 e. The second kappa shape index (κ2) is 13.9. The van der Waals surface area contributed by atoms with Crippen LogP contribution in [-0.2, 0) is 9.47 Å². The molecule has 2 aliphatic rings. The summed E-state index contributed by atoms with van der Waals surface area (Å²) in [6, 6.07) is -0.196. The van der Waals surface area contributed by atoms with E-state index in [1.807, 2.05) is 0 Å². The first-order valence-corrected chi connectivity index (χ1v) is 15.3. The van der Waals surface area contributed by atoms with E-state index in [4.69, 9.17) is 9.47 Å². The average molecular weight is 721 g/mol. The number of benzene rings is 2. The zero-order valence-corrected chi connectivity index (χ0v) is 25.3. The van der Waals surface area contributed by atoms with Gasteiger partial charge in [-0.3, -0.25) is 0 Å². The van der Waals surface area contributed by atoms with Crippen LogP contribution in [0.5, 0.6) is 0 Å². The molecule has 0 radical (unpaired) electrons. The summed E-state index contributed by atoms with van der Waals surface area (Å²) < 4.78 is 95.6. The van der Waals surface area contributed by atoms with Gasteiger partial charge in [-0.05, 0) is 24.3 Å². The maximum absolute atomic E-state index is 13.8. The number of halogens is 6. The van der Waals surface area contributed by atoms with Crippen LogP contribution in [0.15, 0.2) is 36.7 Å². The maximum atomic E-state index is 13.8. The van der Waals surface area contributed by atoms with Crippen molar-refractivity contribution in [2.45, 2.75) is 59.6 Å². The van der Waals surface area contributed by atoms with E-state index in [0.717, 1.165) is 21.8 Å². The summed E-state index contributed by atoms with van der Waals surface area (Å²) in [6.45, 7) is -1.56. The zero-order chi connectivity index (χ0) is 35.3. The number of hydrogen-bond donors (Lipinski definition) is 6. The molecule has 0 amide bonds. The van der Waals surface area contributed by atoms with Crippen molar-refractivity contribution < 1.29 is 66.5 Å². The Bertz CT molecular complexity index is 1650. The van der Waals surface area contributed by atoms with Crippen molar-refractivity contribution in [1.29, 1.82) is 0 Å². The molecule has 0 bridgehead atoms. The monoisotopic (exact) mass is 720 g/mol. The number of aliphatic hydroxyl groups excluding tert-OH is 6. The minimum Gasteiger partial charge on any atom is -0.394 e. The van der Waals surface area contributed by atoms with Crippen LogP contribution in [0.25, 0.3) is 22.5 Å². The third kappa shape index (κ3) is 6.53. The molecule has 2 aromatic heterocycles. The van der Waals surface area contributed by atoms with Gasteiger partial charge in [-0.25, -0.2) is 35.7 Å². The fourth-order valence-corrected chi connectivity index (χ4v) is 6.96. The number of rotatable bonds is 8. The minimum absolute atomic E-state index is 0.166. The van der Waals surface area contributed by atoms with Gasteiger partial charge in [0.2, 0.25) is 0 Å². The number of thioether (sulfide) groups is 1. The maximum Gasteiger partial charge on any atom is 0.194 e. The van der Waals surface area contributed by atoms with Gasteiger partial charge in [-0.2, -0.15) is 0 Å². The van der Waals surface area contributed by atoms with Crippen LogP contribution in [0.1, 0.15) is 12.1 Å². The van der Waals surface area contributed by atoms with Crippen LogP contribution in [0, 0.1) is 34.9 Å². The first-order chi connectivity index (χ1) is 23.3. The number of ether oxygens (including phenoxy) is 2. The fourth-order valence-electron chi connectivity index (χ4n) is 5.63. The molecular formula is C28H26F6N6O8S. The number of nitrogens with zero attached hydrogens (tertiary/aromatic N) is 6. The summed E-state index contributed by atoms with van der Waals surface area (Å²) in [5, 5.41) is 79.6. The Balaban J connectivity index is 1.26. The zero-order valence-electron chi connectivity index (χ0n) is 24.5. The van der Waals surface area contributed by atoms with Gasteiger partial charge in [0.05, 0.1) is 25.6 Å². The van der Waals surface area contributed by atoms with E-state index in [0.29, 0.717) is 36.0 Å². The van der Waals surface area contributed by atoms with E-state index < -0.39 is 108 Å². The van der Waals surface area contributed by atoms with Crippen LogP contribution in [-0.4, -0.2) is 121 Å². The SMILES string of the molecule is OCC1O[C@@H](SC2O[C@H](CO)C(O)C(n3cc(-c4cc(F)c(F)c(F)c4)nn3)[C@H]2O)C(O)[C@@H](n2cc(-c3cc(F)c(F)c(F)c3)nn2)[C@H]1O. The molecule has 21 heteroatoms. The lowest BCUT2D eigenvalue weighted by Gasteiger charge is -2.46. The summed E-state index contributed by atoms with van der Waals surface area (Å²) in [4.78, 5) is 0. The van der Waals surface area contributed by atoms with Gasteiger partial charge in [0, 0.05) is 11.1 Å². The molecule has 2 fully saturated rings. The number of hydrogen-bond acceptors (Lipinski definition) is 13. The lowest BCUT2D eigenvalue weighted by Crippen LogP contribution is -2.58. The van der Waals surface area contributed by atoms with Gasteiger partial charge in [-0.15, -0.1) is 10.2 Å². The molecule has 6 rings (SSSR count).